The van der Waals surface area contributed by atoms with Crippen LogP contribution in [0.3, 0.4) is 0 Å². The topological polar surface area (TPSA) is 61.4 Å². The van der Waals surface area contributed by atoms with E-state index in [1.165, 1.54) is 0 Å². The fourth-order valence-electron chi connectivity index (χ4n) is 1.87. The first-order chi connectivity index (χ1) is 10.1. The number of benzene rings is 2. The van der Waals surface area contributed by atoms with Gasteiger partial charge in [0.15, 0.2) is 0 Å². The van der Waals surface area contributed by atoms with E-state index in [1.807, 2.05) is 36.6 Å². The van der Waals surface area contributed by atoms with Crippen molar-refractivity contribution in [2.45, 2.75) is 17.9 Å². The molecular formula is C16H18N2O2S. The van der Waals surface area contributed by atoms with E-state index < -0.39 is 6.10 Å². The molecule has 0 aliphatic heterocycles. The van der Waals surface area contributed by atoms with Gasteiger partial charge in [0.05, 0.1) is 6.10 Å². The van der Waals surface area contributed by atoms with E-state index in [-0.39, 0.29) is 6.03 Å². The summed E-state index contributed by atoms with van der Waals surface area (Å²) in [6.45, 7) is 1.69. The number of nitrogens with one attached hydrogen (secondary N) is 2. The summed E-state index contributed by atoms with van der Waals surface area (Å²) >= 11 is 1.62. The van der Waals surface area contributed by atoms with Crippen molar-refractivity contribution in [1.29, 1.82) is 0 Å². The molecule has 0 spiro atoms. The van der Waals surface area contributed by atoms with Gasteiger partial charge in [0, 0.05) is 16.3 Å². The summed E-state index contributed by atoms with van der Waals surface area (Å²) in [5.41, 5.74) is 2.15. The molecule has 3 N–H and O–H groups in total. The molecule has 0 aromatic heterocycles. The maximum atomic E-state index is 12.0. The number of rotatable bonds is 4. The van der Waals surface area contributed by atoms with Crippen LogP contribution in [0.15, 0.2) is 53.4 Å². The minimum Gasteiger partial charge on any atom is -0.389 e. The van der Waals surface area contributed by atoms with E-state index in [2.05, 4.69) is 10.6 Å². The fourth-order valence-corrected chi connectivity index (χ4v) is 2.33. The van der Waals surface area contributed by atoms with Crippen LogP contribution in [0, 0.1) is 0 Å². The van der Waals surface area contributed by atoms with Crippen molar-refractivity contribution in [3.8, 4) is 0 Å². The number of amides is 2. The average molecular weight is 302 g/mol. The van der Waals surface area contributed by atoms with Crippen LogP contribution in [-0.2, 0) is 0 Å². The van der Waals surface area contributed by atoms with E-state index in [0.717, 1.165) is 16.1 Å². The Labute approximate surface area is 128 Å². The van der Waals surface area contributed by atoms with Gasteiger partial charge in [-0.1, -0.05) is 18.2 Å². The maximum Gasteiger partial charge on any atom is 0.323 e. The maximum absolute atomic E-state index is 12.0. The number of anilines is 2. The summed E-state index contributed by atoms with van der Waals surface area (Å²) in [7, 11) is 0. The van der Waals surface area contributed by atoms with Crippen LogP contribution >= 0.6 is 11.8 Å². The Balaban J connectivity index is 2.02. The summed E-state index contributed by atoms with van der Waals surface area (Å²) < 4.78 is 0. The molecule has 1 unspecified atom stereocenters. The molecular weight excluding hydrogens is 284 g/mol. The molecule has 0 saturated carbocycles. The predicted octanol–water partition coefficient (Wildman–Crippen LogP) is 4.11. The molecule has 0 aliphatic rings. The Kier molecular flexibility index (Phi) is 5.25. The Morgan fingerprint density at radius 3 is 2.33 bits per heavy atom. The second-order valence-corrected chi connectivity index (χ2v) is 5.49. The summed E-state index contributed by atoms with van der Waals surface area (Å²) in [6.07, 6.45) is 1.42. The number of aliphatic hydroxyl groups excluding tert-OH is 1. The van der Waals surface area contributed by atoms with E-state index in [4.69, 9.17) is 0 Å². The number of carbonyl (C=O) groups is 1. The summed E-state index contributed by atoms with van der Waals surface area (Å²) in [5.74, 6) is 0. The van der Waals surface area contributed by atoms with Crippen LogP contribution in [0.25, 0.3) is 0 Å². The highest BCUT2D eigenvalue weighted by Gasteiger charge is 2.05. The second kappa shape index (κ2) is 7.15. The first-order valence-electron chi connectivity index (χ1n) is 6.58. The lowest BCUT2D eigenvalue weighted by atomic mass is 10.1. The molecule has 0 heterocycles. The predicted molar refractivity (Wildman–Crippen MR) is 87.9 cm³/mol. The smallest absolute Gasteiger partial charge is 0.323 e. The SMILES string of the molecule is CSc1cccc(NC(=O)Nc2cccc(C(C)O)c2)c1. The molecule has 0 saturated heterocycles. The van der Waals surface area contributed by atoms with Crippen LogP contribution in [0.4, 0.5) is 16.2 Å². The highest BCUT2D eigenvalue weighted by atomic mass is 32.2. The van der Waals surface area contributed by atoms with Gasteiger partial charge in [0.25, 0.3) is 0 Å². The van der Waals surface area contributed by atoms with E-state index in [9.17, 15) is 9.90 Å². The first kappa shape index (κ1) is 15.4. The van der Waals surface area contributed by atoms with Gasteiger partial charge in [-0.2, -0.15) is 0 Å². The van der Waals surface area contributed by atoms with Crippen molar-refractivity contribution >= 4 is 29.2 Å². The van der Waals surface area contributed by atoms with Gasteiger partial charge in [-0.3, -0.25) is 0 Å². The van der Waals surface area contributed by atoms with Gasteiger partial charge in [-0.15, -0.1) is 11.8 Å². The Hall–Kier alpha value is -1.98. The molecule has 0 radical (unpaired) electrons. The molecule has 110 valence electrons. The monoisotopic (exact) mass is 302 g/mol. The molecule has 0 fully saturated rings. The van der Waals surface area contributed by atoms with Crippen molar-refractivity contribution in [3.05, 3.63) is 54.1 Å². The molecule has 2 amide bonds. The summed E-state index contributed by atoms with van der Waals surface area (Å²) in [6, 6.07) is 14.5. The molecule has 5 heteroatoms. The molecule has 21 heavy (non-hydrogen) atoms. The molecule has 2 rings (SSSR count). The van der Waals surface area contributed by atoms with Crippen LogP contribution in [0.2, 0.25) is 0 Å². The van der Waals surface area contributed by atoms with Gasteiger partial charge < -0.3 is 15.7 Å². The van der Waals surface area contributed by atoms with Gasteiger partial charge in [-0.05, 0) is 49.1 Å². The van der Waals surface area contributed by atoms with Gasteiger partial charge in [0.2, 0.25) is 0 Å². The largest absolute Gasteiger partial charge is 0.389 e. The first-order valence-corrected chi connectivity index (χ1v) is 7.81. The highest BCUT2D eigenvalue weighted by molar-refractivity contribution is 7.98. The quantitative estimate of drug-likeness (QED) is 0.745. The minimum atomic E-state index is -0.562. The number of carbonyl (C=O) groups excluding carboxylic acids is 1. The zero-order valence-corrected chi connectivity index (χ0v) is 12.8. The normalized spacial score (nSPS) is 11.8. The number of hydrogen-bond donors (Lipinski definition) is 3. The standard InChI is InChI=1S/C16H18N2O2S/c1-11(19)12-5-3-6-13(9-12)17-16(20)18-14-7-4-8-15(10-14)21-2/h3-11,19H,1-2H3,(H2,17,18,20). The average Bonchev–Trinajstić information content (AvgIpc) is 2.47. The Bertz CT molecular complexity index is 629. The summed E-state index contributed by atoms with van der Waals surface area (Å²) in [5, 5.41) is 15.1. The number of urea groups is 1. The number of thioether (sulfide) groups is 1. The van der Waals surface area contributed by atoms with Crippen LogP contribution < -0.4 is 10.6 Å². The van der Waals surface area contributed by atoms with Crippen molar-refractivity contribution in [3.63, 3.8) is 0 Å². The highest BCUT2D eigenvalue weighted by Crippen LogP contribution is 2.20. The Morgan fingerprint density at radius 2 is 1.71 bits per heavy atom. The molecule has 2 aromatic carbocycles. The molecule has 0 bridgehead atoms. The third kappa shape index (κ3) is 4.51. The third-order valence-corrected chi connectivity index (χ3v) is 3.68. The fraction of sp³-hybridized carbons (Fsp3) is 0.188. The third-order valence-electron chi connectivity index (χ3n) is 2.95. The van der Waals surface area contributed by atoms with Crippen molar-refractivity contribution in [2.24, 2.45) is 0 Å². The number of aliphatic hydroxyl groups is 1. The van der Waals surface area contributed by atoms with Crippen LogP contribution in [-0.4, -0.2) is 17.4 Å². The molecule has 1 atom stereocenters. The van der Waals surface area contributed by atoms with Crippen molar-refractivity contribution < 1.29 is 9.90 Å². The lowest BCUT2D eigenvalue weighted by Crippen LogP contribution is -2.19. The Morgan fingerprint density at radius 1 is 1.10 bits per heavy atom. The van der Waals surface area contributed by atoms with Gasteiger partial charge >= 0.3 is 6.03 Å². The van der Waals surface area contributed by atoms with Crippen LogP contribution in [0.1, 0.15) is 18.6 Å². The molecule has 4 nitrogen and oxygen atoms in total. The lowest BCUT2D eigenvalue weighted by Gasteiger charge is -2.10. The lowest BCUT2D eigenvalue weighted by molar-refractivity contribution is 0.199. The number of hydrogen-bond acceptors (Lipinski definition) is 3. The zero-order chi connectivity index (χ0) is 15.2. The van der Waals surface area contributed by atoms with E-state index in [0.29, 0.717) is 5.69 Å². The van der Waals surface area contributed by atoms with Crippen LogP contribution in [0.5, 0.6) is 0 Å². The second-order valence-electron chi connectivity index (χ2n) is 4.61. The van der Waals surface area contributed by atoms with E-state index in [1.54, 1.807) is 36.9 Å². The molecule has 0 aliphatic carbocycles. The van der Waals surface area contributed by atoms with E-state index >= 15 is 0 Å². The summed E-state index contributed by atoms with van der Waals surface area (Å²) in [4.78, 5) is 13.1. The van der Waals surface area contributed by atoms with Gasteiger partial charge in [-0.25, -0.2) is 4.79 Å². The van der Waals surface area contributed by atoms with Crippen molar-refractivity contribution in [2.75, 3.05) is 16.9 Å². The zero-order valence-electron chi connectivity index (χ0n) is 12.0. The van der Waals surface area contributed by atoms with Gasteiger partial charge in [0.1, 0.15) is 0 Å². The van der Waals surface area contributed by atoms with Crippen molar-refractivity contribution in [1.82, 2.24) is 0 Å². The minimum absolute atomic E-state index is 0.309. The molecule has 2 aromatic rings.